The summed E-state index contributed by atoms with van der Waals surface area (Å²) in [7, 11) is 1.92. The summed E-state index contributed by atoms with van der Waals surface area (Å²) in [6, 6.07) is 9.74. The van der Waals surface area contributed by atoms with E-state index in [0.29, 0.717) is 17.5 Å². The Labute approximate surface area is 110 Å². The molecule has 5 nitrogen and oxygen atoms in total. The van der Waals surface area contributed by atoms with Crippen molar-refractivity contribution in [3.05, 3.63) is 36.2 Å². The molecule has 0 spiro atoms. The fourth-order valence-electron chi connectivity index (χ4n) is 1.96. The minimum atomic E-state index is 0.440. The molecular weight excluding hydrogens is 242 g/mol. The predicted octanol–water partition coefficient (Wildman–Crippen LogP) is 2.63. The largest absolute Gasteiger partial charge is 0.451 e. The number of rotatable bonds is 5. The standard InChI is InChI=1S/C14H15N3O2/c1-15-8-4-7-13-16-17-14(19-13)12-9-10-5-2-3-6-11(10)18-12/h2-3,5-6,9,15H,4,7-8H2,1H3. The summed E-state index contributed by atoms with van der Waals surface area (Å²) in [6.45, 7) is 0.933. The van der Waals surface area contributed by atoms with Crippen LogP contribution < -0.4 is 5.32 Å². The number of fused-ring (bicyclic) bond motifs is 1. The summed E-state index contributed by atoms with van der Waals surface area (Å²) in [5, 5.41) is 12.2. The Hall–Kier alpha value is -2.14. The second-order valence-electron chi connectivity index (χ2n) is 4.36. The van der Waals surface area contributed by atoms with Gasteiger partial charge in [-0.1, -0.05) is 18.2 Å². The van der Waals surface area contributed by atoms with Crippen LogP contribution in [-0.2, 0) is 6.42 Å². The second kappa shape index (κ2) is 5.24. The molecule has 3 rings (SSSR count). The van der Waals surface area contributed by atoms with E-state index in [-0.39, 0.29) is 0 Å². The summed E-state index contributed by atoms with van der Waals surface area (Å²) in [5.41, 5.74) is 0.826. The van der Waals surface area contributed by atoms with Crippen LogP contribution in [0.25, 0.3) is 22.6 Å². The second-order valence-corrected chi connectivity index (χ2v) is 4.36. The highest BCUT2D eigenvalue weighted by atomic mass is 16.4. The van der Waals surface area contributed by atoms with Crippen LogP contribution in [0.4, 0.5) is 0 Å². The van der Waals surface area contributed by atoms with Gasteiger partial charge in [-0.05, 0) is 32.1 Å². The topological polar surface area (TPSA) is 64.1 Å². The smallest absolute Gasteiger partial charge is 0.283 e. The van der Waals surface area contributed by atoms with Gasteiger partial charge in [0.1, 0.15) is 5.58 Å². The lowest BCUT2D eigenvalue weighted by Gasteiger charge is -1.94. The van der Waals surface area contributed by atoms with E-state index < -0.39 is 0 Å². The number of para-hydroxylation sites is 1. The van der Waals surface area contributed by atoms with Crippen molar-refractivity contribution in [2.75, 3.05) is 13.6 Å². The minimum absolute atomic E-state index is 0.440. The molecule has 0 amide bonds. The van der Waals surface area contributed by atoms with Crippen LogP contribution in [0.3, 0.4) is 0 Å². The Morgan fingerprint density at radius 2 is 2.05 bits per heavy atom. The van der Waals surface area contributed by atoms with Crippen molar-refractivity contribution in [1.29, 1.82) is 0 Å². The lowest BCUT2D eigenvalue weighted by molar-refractivity contribution is 0.479. The summed E-state index contributed by atoms with van der Waals surface area (Å²) in [4.78, 5) is 0. The Kier molecular flexibility index (Phi) is 3.29. The van der Waals surface area contributed by atoms with E-state index in [2.05, 4.69) is 15.5 Å². The third-order valence-electron chi connectivity index (χ3n) is 2.92. The molecule has 0 aliphatic rings. The maximum Gasteiger partial charge on any atom is 0.283 e. The van der Waals surface area contributed by atoms with E-state index in [9.17, 15) is 0 Å². The third kappa shape index (κ3) is 2.51. The summed E-state index contributed by atoms with van der Waals surface area (Å²) >= 11 is 0. The lowest BCUT2D eigenvalue weighted by atomic mass is 10.2. The molecule has 0 bridgehead atoms. The number of aromatic nitrogens is 2. The molecule has 2 heterocycles. The zero-order valence-electron chi connectivity index (χ0n) is 10.7. The fourth-order valence-corrected chi connectivity index (χ4v) is 1.96. The van der Waals surface area contributed by atoms with E-state index in [1.165, 1.54) is 0 Å². The Morgan fingerprint density at radius 3 is 2.89 bits per heavy atom. The number of furan rings is 1. The van der Waals surface area contributed by atoms with Gasteiger partial charge in [0.15, 0.2) is 5.76 Å². The maximum atomic E-state index is 5.68. The molecule has 98 valence electrons. The van der Waals surface area contributed by atoms with Gasteiger partial charge in [-0.2, -0.15) is 0 Å². The van der Waals surface area contributed by atoms with E-state index in [1.54, 1.807) is 0 Å². The molecule has 1 N–H and O–H groups in total. The van der Waals surface area contributed by atoms with Gasteiger partial charge in [0.25, 0.3) is 5.89 Å². The molecule has 0 aliphatic carbocycles. The number of hydrogen-bond donors (Lipinski definition) is 1. The zero-order chi connectivity index (χ0) is 13.1. The van der Waals surface area contributed by atoms with E-state index >= 15 is 0 Å². The average Bonchev–Trinajstić information content (AvgIpc) is 3.04. The monoisotopic (exact) mass is 257 g/mol. The van der Waals surface area contributed by atoms with Crippen LogP contribution in [0.1, 0.15) is 12.3 Å². The molecule has 0 radical (unpaired) electrons. The number of aryl methyl sites for hydroxylation is 1. The number of nitrogens with one attached hydrogen (secondary N) is 1. The molecule has 0 saturated carbocycles. The molecule has 5 heteroatoms. The first-order valence-electron chi connectivity index (χ1n) is 6.33. The average molecular weight is 257 g/mol. The van der Waals surface area contributed by atoms with Crippen molar-refractivity contribution >= 4 is 11.0 Å². The summed E-state index contributed by atoms with van der Waals surface area (Å²) in [5.74, 6) is 1.70. The Balaban J connectivity index is 1.81. The first kappa shape index (κ1) is 11.9. The highest BCUT2D eigenvalue weighted by Crippen LogP contribution is 2.26. The summed E-state index contributed by atoms with van der Waals surface area (Å²) < 4.78 is 11.3. The number of hydrogen-bond acceptors (Lipinski definition) is 5. The van der Waals surface area contributed by atoms with Crippen LogP contribution in [0.15, 0.2) is 39.2 Å². The van der Waals surface area contributed by atoms with Crippen LogP contribution in [0.2, 0.25) is 0 Å². The van der Waals surface area contributed by atoms with Gasteiger partial charge in [0, 0.05) is 11.8 Å². The zero-order valence-corrected chi connectivity index (χ0v) is 10.7. The van der Waals surface area contributed by atoms with Crippen LogP contribution in [0, 0.1) is 0 Å². The van der Waals surface area contributed by atoms with E-state index in [1.807, 2.05) is 37.4 Å². The van der Waals surface area contributed by atoms with Crippen molar-refractivity contribution < 1.29 is 8.83 Å². The maximum absolute atomic E-state index is 5.68. The molecule has 0 unspecified atom stereocenters. The highest BCUT2D eigenvalue weighted by molar-refractivity contribution is 5.81. The van der Waals surface area contributed by atoms with Gasteiger partial charge in [0.05, 0.1) is 0 Å². The van der Waals surface area contributed by atoms with Crippen LogP contribution >= 0.6 is 0 Å². The number of nitrogens with zero attached hydrogens (tertiary/aromatic N) is 2. The molecule has 0 fully saturated rings. The molecule has 0 atom stereocenters. The minimum Gasteiger partial charge on any atom is -0.451 e. The first-order valence-corrected chi connectivity index (χ1v) is 6.33. The molecule has 3 aromatic rings. The predicted molar refractivity (Wildman–Crippen MR) is 71.8 cm³/mol. The summed E-state index contributed by atoms with van der Waals surface area (Å²) in [6.07, 6.45) is 1.74. The fraction of sp³-hybridized carbons (Fsp3) is 0.286. The molecule has 0 saturated heterocycles. The Bertz CT molecular complexity index is 639. The van der Waals surface area contributed by atoms with Gasteiger partial charge in [-0.15, -0.1) is 10.2 Å². The molecule has 2 aromatic heterocycles. The van der Waals surface area contributed by atoms with E-state index in [0.717, 1.165) is 30.4 Å². The third-order valence-corrected chi connectivity index (χ3v) is 2.92. The van der Waals surface area contributed by atoms with Crippen LogP contribution in [-0.4, -0.2) is 23.8 Å². The van der Waals surface area contributed by atoms with Gasteiger partial charge in [0.2, 0.25) is 5.89 Å². The quantitative estimate of drug-likeness (QED) is 0.712. The van der Waals surface area contributed by atoms with Crippen molar-refractivity contribution in [3.8, 4) is 11.7 Å². The lowest BCUT2D eigenvalue weighted by Crippen LogP contribution is -2.08. The number of benzene rings is 1. The van der Waals surface area contributed by atoms with Gasteiger partial charge < -0.3 is 14.2 Å². The Morgan fingerprint density at radius 1 is 1.16 bits per heavy atom. The molecule has 1 aromatic carbocycles. The van der Waals surface area contributed by atoms with Gasteiger partial charge in [-0.3, -0.25) is 0 Å². The molecular formula is C14H15N3O2. The molecule has 0 aliphatic heterocycles. The highest BCUT2D eigenvalue weighted by Gasteiger charge is 2.13. The molecule has 19 heavy (non-hydrogen) atoms. The van der Waals surface area contributed by atoms with Gasteiger partial charge in [-0.25, -0.2) is 0 Å². The van der Waals surface area contributed by atoms with Crippen molar-refractivity contribution in [3.63, 3.8) is 0 Å². The SMILES string of the molecule is CNCCCc1nnc(-c2cc3ccccc3o2)o1. The van der Waals surface area contributed by atoms with Crippen molar-refractivity contribution in [1.82, 2.24) is 15.5 Å². The van der Waals surface area contributed by atoms with E-state index in [4.69, 9.17) is 8.83 Å². The van der Waals surface area contributed by atoms with Crippen molar-refractivity contribution in [2.45, 2.75) is 12.8 Å². The van der Waals surface area contributed by atoms with Crippen molar-refractivity contribution in [2.24, 2.45) is 0 Å². The van der Waals surface area contributed by atoms with Gasteiger partial charge >= 0.3 is 0 Å². The first-order chi connectivity index (χ1) is 9.36. The van der Waals surface area contributed by atoms with Crippen LogP contribution in [0.5, 0.6) is 0 Å². The normalized spacial score (nSPS) is 11.2.